The number of nitrogens with zero attached hydrogens (tertiary/aromatic N) is 1. The Kier molecular flexibility index (Phi) is 4.35. The zero-order valence-corrected chi connectivity index (χ0v) is 10.5. The predicted octanol–water partition coefficient (Wildman–Crippen LogP) is 0.787. The van der Waals surface area contributed by atoms with Crippen molar-refractivity contribution in [2.75, 3.05) is 25.2 Å². The van der Waals surface area contributed by atoms with E-state index in [1.54, 1.807) is 12.1 Å². The number of hydrazine groups is 1. The highest BCUT2D eigenvalue weighted by Crippen LogP contribution is 2.16. The minimum atomic E-state index is -0.302. The third kappa shape index (κ3) is 3.10. The zero-order chi connectivity index (χ0) is 13.0. The number of anilines is 1. The molecule has 4 N–H and O–H groups in total. The van der Waals surface area contributed by atoms with Crippen molar-refractivity contribution in [3.05, 3.63) is 22.8 Å². The smallest absolute Gasteiger partial charge is 0.271 e. The highest BCUT2D eigenvalue weighted by molar-refractivity contribution is 6.33. The number of nitrogens with one attached hydrogen (secondary N) is 2. The lowest BCUT2D eigenvalue weighted by Gasteiger charge is -2.10. The maximum Gasteiger partial charge on any atom is 0.271 e. The summed E-state index contributed by atoms with van der Waals surface area (Å²) in [6.07, 6.45) is 0.964. The van der Waals surface area contributed by atoms with Crippen molar-refractivity contribution >= 4 is 23.3 Å². The number of nitrogen functional groups attached to an aromatic ring is 1. The number of hydrogen-bond acceptors (Lipinski definition) is 5. The van der Waals surface area contributed by atoms with Crippen LogP contribution in [-0.2, 0) is 4.74 Å². The number of amides is 1. The minimum Gasteiger partial charge on any atom is -0.381 e. The van der Waals surface area contributed by atoms with Crippen LogP contribution in [0.5, 0.6) is 0 Å². The molecule has 0 spiro atoms. The van der Waals surface area contributed by atoms with Crippen LogP contribution in [0.4, 0.5) is 5.82 Å². The van der Waals surface area contributed by atoms with Gasteiger partial charge in [-0.15, -0.1) is 0 Å². The van der Waals surface area contributed by atoms with E-state index < -0.39 is 0 Å². The van der Waals surface area contributed by atoms with Gasteiger partial charge in [0.05, 0.1) is 11.6 Å². The van der Waals surface area contributed by atoms with Crippen molar-refractivity contribution in [3.8, 4) is 0 Å². The van der Waals surface area contributed by atoms with Crippen molar-refractivity contribution in [2.45, 2.75) is 6.42 Å². The number of carbonyl (C=O) groups is 1. The molecule has 18 heavy (non-hydrogen) atoms. The molecule has 98 valence electrons. The third-order valence-electron chi connectivity index (χ3n) is 2.78. The first-order valence-electron chi connectivity index (χ1n) is 5.70. The second-order valence-corrected chi connectivity index (χ2v) is 4.52. The fourth-order valence-electron chi connectivity index (χ4n) is 1.75. The number of rotatable bonds is 4. The van der Waals surface area contributed by atoms with E-state index >= 15 is 0 Å². The standard InChI is InChI=1S/C11H15ClN4O2/c12-8-1-2-9(16-13)15-10(8)11(17)14-5-7-3-4-18-6-7/h1-2,7H,3-6,13H2,(H,14,17)(H,15,16). The van der Waals surface area contributed by atoms with Gasteiger partial charge in [0.15, 0.2) is 0 Å². The lowest BCUT2D eigenvalue weighted by Crippen LogP contribution is -2.30. The second kappa shape index (κ2) is 5.99. The summed E-state index contributed by atoms with van der Waals surface area (Å²) in [5.41, 5.74) is 2.55. The van der Waals surface area contributed by atoms with Crippen LogP contribution in [-0.4, -0.2) is 30.6 Å². The SMILES string of the molecule is NNc1ccc(Cl)c(C(=O)NCC2CCOC2)n1. The Labute approximate surface area is 110 Å². The maximum absolute atomic E-state index is 11.9. The summed E-state index contributed by atoms with van der Waals surface area (Å²) in [5, 5.41) is 3.10. The van der Waals surface area contributed by atoms with Gasteiger partial charge in [0.1, 0.15) is 11.5 Å². The molecule has 7 heteroatoms. The van der Waals surface area contributed by atoms with E-state index in [1.165, 1.54) is 0 Å². The summed E-state index contributed by atoms with van der Waals surface area (Å²) in [4.78, 5) is 15.9. The van der Waals surface area contributed by atoms with Crippen molar-refractivity contribution in [1.29, 1.82) is 0 Å². The first kappa shape index (κ1) is 13.1. The van der Waals surface area contributed by atoms with E-state index in [0.29, 0.717) is 29.9 Å². The van der Waals surface area contributed by atoms with Crippen LogP contribution < -0.4 is 16.6 Å². The van der Waals surface area contributed by atoms with Crippen LogP contribution in [0, 0.1) is 5.92 Å². The van der Waals surface area contributed by atoms with E-state index in [-0.39, 0.29) is 11.6 Å². The molecular weight excluding hydrogens is 256 g/mol. The van der Waals surface area contributed by atoms with Crippen LogP contribution in [0.3, 0.4) is 0 Å². The average Bonchev–Trinajstić information content (AvgIpc) is 2.89. The van der Waals surface area contributed by atoms with Crippen molar-refractivity contribution in [3.63, 3.8) is 0 Å². The van der Waals surface area contributed by atoms with Gasteiger partial charge in [-0.05, 0) is 18.6 Å². The number of aromatic nitrogens is 1. The van der Waals surface area contributed by atoms with Gasteiger partial charge in [0.2, 0.25) is 0 Å². The zero-order valence-electron chi connectivity index (χ0n) is 9.78. The summed E-state index contributed by atoms with van der Waals surface area (Å²) < 4.78 is 5.24. The van der Waals surface area contributed by atoms with E-state index in [4.69, 9.17) is 22.2 Å². The molecule has 1 aliphatic rings. The second-order valence-electron chi connectivity index (χ2n) is 4.11. The molecule has 0 bridgehead atoms. The molecule has 6 nitrogen and oxygen atoms in total. The molecule has 1 aromatic rings. The Balaban J connectivity index is 1.98. The first-order chi connectivity index (χ1) is 8.70. The molecule has 1 aliphatic heterocycles. The number of pyridine rings is 1. The van der Waals surface area contributed by atoms with Gasteiger partial charge in [-0.1, -0.05) is 11.6 Å². The lowest BCUT2D eigenvalue weighted by molar-refractivity contribution is 0.0940. The van der Waals surface area contributed by atoms with E-state index in [9.17, 15) is 4.79 Å². The molecule has 0 aromatic carbocycles. The topological polar surface area (TPSA) is 89.3 Å². The summed E-state index contributed by atoms with van der Waals surface area (Å²) in [6.45, 7) is 2.01. The monoisotopic (exact) mass is 270 g/mol. The predicted molar refractivity (Wildman–Crippen MR) is 68.3 cm³/mol. The molecule has 0 aliphatic carbocycles. The quantitative estimate of drug-likeness (QED) is 0.556. The van der Waals surface area contributed by atoms with Crippen LogP contribution >= 0.6 is 11.6 Å². The molecule has 1 amide bonds. The van der Waals surface area contributed by atoms with Crippen molar-refractivity contribution < 1.29 is 9.53 Å². The van der Waals surface area contributed by atoms with E-state index in [1.807, 2.05) is 0 Å². The summed E-state index contributed by atoms with van der Waals surface area (Å²) >= 11 is 5.93. The van der Waals surface area contributed by atoms with Crippen LogP contribution in [0.1, 0.15) is 16.9 Å². The van der Waals surface area contributed by atoms with Gasteiger partial charge >= 0.3 is 0 Å². The molecule has 0 saturated carbocycles. The number of nitrogens with two attached hydrogens (primary N) is 1. The van der Waals surface area contributed by atoms with Gasteiger partial charge in [0.25, 0.3) is 5.91 Å². The van der Waals surface area contributed by atoms with Gasteiger partial charge in [-0.2, -0.15) is 0 Å². The Hall–Kier alpha value is -1.37. The van der Waals surface area contributed by atoms with Crippen molar-refractivity contribution in [1.82, 2.24) is 10.3 Å². The van der Waals surface area contributed by atoms with Crippen LogP contribution in [0.15, 0.2) is 12.1 Å². The van der Waals surface area contributed by atoms with E-state index in [0.717, 1.165) is 13.0 Å². The molecule has 2 heterocycles. The highest BCUT2D eigenvalue weighted by atomic mass is 35.5. The number of ether oxygens (including phenoxy) is 1. The van der Waals surface area contributed by atoms with Gasteiger partial charge in [0, 0.05) is 19.1 Å². The van der Waals surface area contributed by atoms with Gasteiger partial charge in [-0.3, -0.25) is 4.79 Å². The Morgan fingerprint density at radius 2 is 2.44 bits per heavy atom. The summed E-state index contributed by atoms with van der Waals surface area (Å²) in [7, 11) is 0. The van der Waals surface area contributed by atoms with Crippen LogP contribution in [0.2, 0.25) is 5.02 Å². The number of halogens is 1. The molecular formula is C11H15ClN4O2. The van der Waals surface area contributed by atoms with Gasteiger partial charge in [-0.25, -0.2) is 10.8 Å². The normalized spacial score (nSPS) is 18.7. The molecule has 0 radical (unpaired) electrons. The third-order valence-corrected chi connectivity index (χ3v) is 3.09. The number of carbonyl (C=O) groups excluding carboxylic acids is 1. The van der Waals surface area contributed by atoms with E-state index in [2.05, 4.69) is 15.7 Å². The molecule has 1 atom stereocenters. The summed E-state index contributed by atoms with van der Waals surface area (Å²) in [5.74, 6) is 5.70. The van der Waals surface area contributed by atoms with Crippen molar-refractivity contribution in [2.24, 2.45) is 11.8 Å². The van der Waals surface area contributed by atoms with Crippen LogP contribution in [0.25, 0.3) is 0 Å². The molecule has 1 fully saturated rings. The number of hydrogen-bond donors (Lipinski definition) is 3. The average molecular weight is 271 g/mol. The lowest BCUT2D eigenvalue weighted by atomic mass is 10.1. The largest absolute Gasteiger partial charge is 0.381 e. The fraction of sp³-hybridized carbons (Fsp3) is 0.455. The molecule has 1 unspecified atom stereocenters. The minimum absolute atomic E-state index is 0.172. The fourth-order valence-corrected chi connectivity index (χ4v) is 1.94. The summed E-state index contributed by atoms with van der Waals surface area (Å²) in [6, 6.07) is 3.18. The molecule has 1 saturated heterocycles. The first-order valence-corrected chi connectivity index (χ1v) is 6.07. The molecule has 2 rings (SSSR count). The Morgan fingerprint density at radius 1 is 1.61 bits per heavy atom. The highest BCUT2D eigenvalue weighted by Gasteiger charge is 2.18. The van der Waals surface area contributed by atoms with Gasteiger partial charge < -0.3 is 15.5 Å². The Morgan fingerprint density at radius 3 is 3.11 bits per heavy atom. The Bertz CT molecular complexity index is 435. The maximum atomic E-state index is 11.9. The molecule has 1 aromatic heterocycles.